The third kappa shape index (κ3) is 6.63. The maximum absolute atomic E-state index is 12.3. The summed E-state index contributed by atoms with van der Waals surface area (Å²) in [5, 5.41) is 0. The first-order valence-electron chi connectivity index (χ1n) is 10.6. The average molecular weight is 378 g/mol. The molecule has 3 heteroatoms. The Morgan fingerprint density at radius 3 is 1.82 bits per heavy atom. The number of ether oxygens (including phenoxy) is 1. The molecule has 148 valence electrons. The highest BCUT2D eigenvalue weighted by Gasteiger charge is 2.14. The van der Waals surface area contributed by atoms with Crippen LogP contribution in [0.5, 0.6) is 0 Å². The van der Waals surface area contributed by atoms with Crippen LogP contribution in [0.15, 0.2) is 65.7 Å². The van der Waals surface area contributed by atoms with Crippen LogP contribution in [0, 0.1) is 5.92 Å². The molecule has 1 saturated carbocycles. The van der Waals surface area contributed by atoms with Gasteiger partial charge in [0.05, 0.1) is 12.3 Å². The molecule has 1 aliphatic rings. The lowest BCUT2D eigenvalue weighted by molar-refractivity contribution is -0.143. The van der Waals surface area contributed by atoms with E-state index in [-0.39, 0.29) is 12.5 Å². The van der Waals surface area contributed by atoms with Crippen molar-refractivity contribution in [3.8, 4) is 0 Å². The molecule has 0 radical (unpaired) electrons. The van der Waals surface area contributed by atoms with Gasteiger partial charge in [0.15, 0.2) is 0 Å². The predicted molar refractivity (Wildman–Crippen MR) is 115 cm³/mol. The maximum Gasteiger partial charge on any atom is 0.327 e. The van der Waals surface area contributed by atoms with Gasteiger partial charge in [-0.1, -0.05) is 99.2 Å². The summed E-state index contributed by atoms with van der Waals surface area (Å²) in [5.74, 6) is 0.276. The van der Waals surface area contributed by atoms with Crippen molar-refractivity contribution in [2.45, 2.75) is 51.4 Å². The fourth-order valence-electron chi connectivity index (χ4n) is 3.83. The summed E-state index contributed by atoms with van der Waals surface area (Å²) < 4.78 is 5.59. The van der Waals surface area contributed by atoms with E-state index in [2.05, 4.69) is 4.99 Å². The van der Waals surface area contributed by atoms with Gasteiger partial charge in [-0.2, -0.15) is 0 Å². The summed E-state index contributed by atoms with van der Waals surface area (Å²) in [6.45, 7) is 0.603. The monoisotopic (exact) mass is 377 g/mol. The highest BCUT2D eigenvalue weighted by molar-refractivity contribution is 6.13. The van der Waals surface area contributed by atoms with Gasteiger partial charge in [0.25, 0.3) is 0 Å². The average Bonchev–Trinajstić information content (AvgIpc) is 2.88. The maximum atomic E-state index is 12.3. The molecule has 3 rings (SSSR count). The highest BCUT2D eigenvalue weighted by atomic mass is 16.5. The van der Waals surface area contributed by atoms with Gasteiger partial charge >= 0.3 is 5.97 Å². The number of rotatable bonds is 6. The molecule has 0 unspecified atom stereocenters. The highest BCUT2D eigenvalue weighted by Crippen LogP contribution is 2.22. The van der Waals surface area contributed by atoms with Crippen molar-refractivity contribution in [2.24, 2.45) is 10.9 Å². The van der Waals surface area contributed by atoms with Crippen LogP contribution in [0.4, 0.5) is 0 Å². The van der Waals surface area contributed by atoms with Crippen LogP contribution in [0.3, 0.4) is 0 Å². The Labute approximate surface area is 168 Å². The van der Waals surface area contributed by atoms with Crippen molar-refractivity contribution >= 4 is 11.7 Å². The van der Waals surface area contributed by atoms with E-state index in [1.54, 1.807) is 0 Å². The molecule has 0 aromatic heterocycles. The minimum Gasteiger partial charge on any atom is -0.464 e. The fourth-order valence-corrected chi connectivity index (χ4v) is 3.83. The standard InChI is InChI=1S/C25H31NO2/c27-24(28-20-21-13-7-3-1-2-4-8-14-21)19-26-25(22-15-9-5-10-16-22)23-17-11-6-12-18-23/h5-6,9-12,15-18,21H,1-4,7-8,13-14,19-20H2. The van der Waals surface area contributed by atoms with E-state index >= 15 is 0 Å². The molecule has 28 heavy (non-hydrogen) atoms. The van der Waals surface area contributed by atoms with Crippen LogP contribution in [-0.4, -0.2) is 24.8 Å². The number of hydrogen-bond acceptors (Lipinski definition) is 3. The number of nitrogens with zero attached hydrogens (tertiary/aromatic N) is 1. The van der Waals surface area contributed by atoms with E-state index in [0.29, 0.717) is 12.5 Å². The summed E-state index contributed by atoms with van der Waals surface area (Å²) in [7, 11) is 0. The first-order valence-corrected chi connectivity index (χ1v) is 10.6. The molecule has 3 nitrogen and oxygen atoms in total. The Kier molecular flexibility index (Phi) is 8.29. The summed E-state index contributed by atoms with van der Waals surface area (Å²) >= 11 is 0. The molecule has 0 aliphatic heterocycles. The van der Waals surface area contributed by atoms with Gasteiger partial charge in [0.2, 0.25) is 0 Å². The molecule has 0 heterocycles. The Balaban J connectivity index is 1.60. The lowest BCUT2D eigenvalue weighted by atomic mass is 9.98. The zero-order chi connectivity index (χ0) is 19.4. The van der Waals surface area contributed by atoms with E-state index in [1.165, 1.54) is 51.4 Å². The quantitative estimate of drug-likeness (QED) is 0.470. The first-order chi connectivity index (χ1) is 13.8. The van der Waals surface area contributed by atoms with E-state index < -0.39 is 0 Å². The summed E-state index contributed by atoms with van der Waals surface area (Å²) in [4.78, 5) is 17.0. The van der Waals surface area contributed by atoms with Crippen LogP contribution in [0.1, 0.15) is 62.5 Å². The number of carbonyl (C=O) groups excluding carboxylic acids is 1. The number of esters is 1. The minimum absolute atomic E-state index is 0.0614. The molecule has 0 N–H and O–H groups in total. The number of carbonyl (C=O) groups is 1. The van der Waals surface area contributed by atoms with E-state index in [0.717, 1.165) is 16.8 Å². The van der Waals surface area contributed by atoms with Crippen molar-refractivity contribution in [1.29, 1.82) is 0 Å². The molecular formula is C25H31NO2. The van der Waals surface area contributed by atoms with Crippen LogP contribution in [0.2, 0.25) is 0 Å². The van der Waals surface area contributed by atoms with Crippen LogP contribution >= 0.6 is 0 Å². The zero-order valence-electron chi connectivity index (χ0n) is 16.7. The molecule has 1 fully saturated rings. The molecule has 2 aromatic rings. The van der Waals surface area contributed by atoms with Gasteiger partial charge < -0.3 is 4.74 Å². The molecule has 0 amide bonds. The molecule has 0 atom stereocenters. The van der Waals surface area contributed by atoms with Crippen molar-refractivity contribution in [1.82, 2.24) is 0 Å². The predicted octanol–water partition coefficient (Wildman–Crippen LogP) is 5.82. The van der Waals surface area contributed by atoms with Gasteiger partial charge in [-0.25, -0.2) is 0 Å². The summed E-state index contributed by atoms with van der Waals surface area (Å²) in [6.07, 6.45) is 10.2. The van der Waals surface area contributed by atoms with E-state index in [4.69, 9.17) is 4.74 Å². The SMILES string of the molecule is O=C(CN=C(c1ccccc1)c1ccccc1)OCC1CCCCCCCC1. The van der Waals surface area contributed by atoms with Gasteiger partial charge in [-0.15, -0.1) is 0 Å². The molecule has 0 spiro atoms. The fraction of sp³-hybridized carbons (Fsp3) is 0.440. The number of benzene rings is 2. The second kappa shape index (κ2) is 11.4. The van der Waals surface area contributed by atoms with E-state index in [9.17, 15) is 4.79 Å². The third-order valence-corrected chi connectivity index (χ3v) is 5.42. The Morgan fingerprint density at radius 2 is 1.29 bits per heavy atom. The normalized spacial score (nSPS) is 15.7. The molecular weight excluding hydrogens is 346 g/mol. The van der Waals surface area contributed by atoms with Crippen molar-refractivity contribution in [3.05, 3.63) is 71.8 Å². The lowest BCUT2D eigenvalue weighted by Gasteiger charge is -2.15. The van der Waals surface area contributed by atoms with E-state index in [1.807, 2.05) is 60.7 Å². The van der Waals surface area contributed by atoms with Crippen LogP contribution in [0.25, 0.3) is 0 Å². The topological polar surface area (TPSA) is 38.7 Å². The molecule has 0 saturated heterocycles. The zero-order valence-corrected chi connectivity index (χ0v) is 16.7. The largest absolute Gasteiger partial charge is 0.464 e. The number of aliphatic imine (C=N–C) groups is 1. The Morgan fingerprint density at radius 1 is 0.786 bits per heavy atom. The van der Waals surface area contributed by atoms with Gasteiger partial charge in [-0.3, -0.25) is 9.79 Å². The van der Waals surface area contributed by atoms with Gasteiger partial charge in [0, 0.05) is 11.1 Å². The second-order valence-electron chi connectivity index (χ2n) is 7.64. The third-order valence-electron chi connectivity index (χ3n) is 5.42. The van der Waals surface area contributed by atoms with Crippen LogP contribution in [-0.2, 0) is 9.53 Å². The molecule has 2 aromatic carbocycles. The summed E-state index contributed by atoms with van der Waals surface area (Å²) in [5.41, 5.74) is 2.86. The van der Waals surface area contributed by atoms with Crippen molar-refractivity contribution < 1.29 is 9.53 Å². The number of hydrogen-bond donors (Lipinski definition) is 0. The Bertz CT molecular complexity index is 688. The van der Waals surface area contributed by atoms with Crippen molar-refractivity contribution in [2.75, 3.05) is 13.2 Å². The first kappa shape index (κ1) is 20.3. The van der Waals surface area contributed by atoms with Gasteiger partial charge in [-0.05, 0) is 18.8 Å². The second-order valence-corrected chi connectivity index (χ2v) is 7.64. The lowest BCUT2D eigenvalue weighted by Crippen LogP contribution is -2.17. The Hall–Kier alpha value is -2.42. The smallest absolute Gasteiger partial charge is 0.327 e. The molecule has 0 bridgehead atoms. The minimum atomic E-state index is -0.232. The van der Waals surface area contributed by atoms with Crippen LogP contribution < -0.4 is 0 Å². The van der Waals surface area contributed by atoms with Crippen molar-refractivity contribution in [3.63, 3.8) is 0 Å². The van der Waals surface area contributed by atoms with Gasteiger partial charge in [0.1, 0.15) is 6.54 Å². The summed E-state index contributed by atoms with van der Waals surface area (Å²) in [6, 6.07) is 20.0. The molecule has 1 aliphatic carbocycles.